The van der Waals surface area contributed by atoms with Crippen LogP contribution in [0.15, 0.2) is 0 Å². The molecule has 2 heteroatoms. The van der Waals surface area contributed by atoms with Crippen molar-refractivity contribution in [1.29, 1.82) is 0 Å². The lowest BCUT2D eigenvalue weighted by Gasteiger charge is -2.44. The third-order valence-electron chi connectivity index (χ3n) is 5.70. The Labute approximate surface area is 119 Å². The van der Waals surface area contributed by atoms with E-state index in [1.54, 1.807) is 0 Å². The van der Waals surface area contributed by atoms with Gasteiger partial charge in [0.25, 0.3) is 0 Å². The van der Waals surface area contributed by atoms with Gasteiger partial charge in [0, 0.05) is 12.6 Å². The number of rotatable bonds is 6. The van der Waals surface area contributed by atoms with Gasteiger partial charge in [-0.15, -0.1) is 0 Å². The Morgan fingerprint density at radius 2 is 1.74 bits per heavy atom. The van der Waals surface area contributed by atoms with E-state index in [1.807, 2.05) is 0 Å². The maximum Gasteiger partial charge on any atom is 0.0837 e. The van der Waals surface area contributed by atoms with Crippen LogP contribution in [-0.4, -0.2) is 25.3 Å². The molecule has 19 heavy (non-hydrogen) atoms. The number of likely N-dealkylation sites (N-methyl/N-ethyl adjacent to an activating group) is 1. The normalized spacial score (nSPS) is 32.4. The third kappa shape index (κ3) is 3.33. The van der Waals surface area contributed by atoms with Crippen molar-refractivity contribution in [3.05, 3.63) is 0 Å². The van der Waals surface area contributed by atoms with E-state index in [1.165, 1.54) is 57.8 Å². The van der Waals surface area contributed by atoms with Crippen LogP contribution in [0, 0.1) is 11.8 Å². The molecule has 0 aromatic carbocycles. The smallest absolute Gasteiger partial charge is 0.0837 e. The predicted octanol–water partition coefficient (Wildman–Crippen LogP) is 4.14. The second-order valence-corrected chi connectivity index (χ2v) is 6.66. The van der Waals surface area contributed by atoms with Gasteiger partial charge in [0.05, 0.1) is 5.60 Å². The van der Waals surface area contributed by atoms with Crippen molar-refractivity contribution < 1.29 is 4.74 Å². The SMILES string of the molecule is CCOC1(C(NC)C2CCC(CC)CC2)CCCC1. The molecule has 1 unspecified atom stereocenters. The van der Waals surface area contributed by atoms with Crippen LogP contribution in [0.3, 0.4) is 0 Å². The molecule has 1 N–H and O–H groups in total. The molecule has 0 bridgehead atoms. The van der Waals surface area contributed by atoms with E-state index in [0.717, 1.165) is 18.4 Å². The first-order valence-corrected chi connectivity index (χ1v) is 8.57. The summed E-state index contributed by atoms with van der Waals surface area (Å²) in [5, 5.41) is 3.65. The van der Waals surface area contributed by atoms with Crippen LogP contribution in [0.25, 0.3) is 0 Å². The summed E-state index contributed by atoms with van der Waals surface area (Å²) in [7, 11) is 2.15. The van der Waals surface area contributed by atoms with Crippen LogP contribution < -0.4 is 5.32 Å². The molecule has 0 radical (unpaired) electrons. The molecular formula is C17H33NO. The van der Waals surface area contributed by atoms with Crippen LogP contribution in [0.4, 0.5) is 0 Å². The Bertz CT molecular complexity index is 252. The van der Waals surface area contributed by atoms with E-state index in [4.69, 9.17) is 4.74 Å². The highest BCUT2D eigenvalue weighted by atomic mass is 16.5. The lowest BCUT2D eigenvalue weighted by Crippen LogP contribution is -2.54. The number of ether oxygens (including phenoxy) is 1. The summed E-state index contributed by atoms with van der Waals surface area (Å²) in [6, 6.07) is 0.577. The maximum absolute atomic E-state index is 6.29. The molecule has 0 saturated heterocycles. The largest absolute Gasteiger partial charge is 0.374 e. The van der Waals surface area contributed by atoms with E-state index in [2.05, 4.69) is 26.2 Å². The lowest BCUT2D eigenvalue weighted by molar-refractivity contribution is -0.0784. The monoisotopic (exact) mass is 267 g/mol. The van der Waals surface area contributed by atoms with E-state index < -0.39 is 0 Å². The molecule has 0 spiro atoms. The highest BCUT2D eigenvalue weighted by Crippen LogP contribution is 2.43. The van der Waals surface area contributed by atoms with Gasteiger partial charge in [-0.05, 0) is 51.5 Å². The molecule has 0 heterocycles. The van der Waals surface area contributed by atoms with E-state index in [0.29, 0.717) is 6.04 Å². The molecule has 2 fully saturated rings. The van der Waals surface area contributed by atoms with Crippen LogP contribution in [0.1, 0.15) is 71.6 Å². The Kier molecular flexibility index (Phi) is 5.70. The Morgan fingerprint density at radius 1 is 1.11 bits per heavy atom. The van der Waals surface area contributed by atoms with Gasteiger partial charge in [-0.1, -0.05) is 39.0 Å². The first-order chi connectivity index (χ1) is 9.25. The van der Waals surface area contributed by atoms with Gasteiger partial charge in [-0.3, -0.25) is 0 Å². The quantitative estimate of drug-likeness (QED) is 0.781. The first kappa shape index (κ1) is 15.3. The molecule has 2 nitrogen and oxygen atoms in total. The van der Waals surface area contributed by atoms with E-state index in [9.17, 15) is 0 Å². The average molecular weight is 267 g/mol. The molecular weight excluding hydrogens is 234 g/mol. The Morgan fingerprint density at radius 3 is 2.21 bits per heavy atom. The summed E-state index contributed by atoms with van der Waals surface area (Å²) in [4.78, 5) is 0. The second kappa shape index (κ2) is 7.08. The van der Waals surface area contributed by atoms with E-state index >= 15 is 0 Å². The van der Waals surface area contributed by atoms with Crippen molar-refractivity contribution in [2.24, 2.45) is 11.8 Å². The molecule has 2 saturated carbocycles. The Balaban J connectivity index is 2.02. The van der Waals surface area contributed by atoms with Crippen molar-refractivity contribution in [3.8, 4) is 0 Å². The molecule has 2 aliphatic carbocycles. The summed E-state index contributed by atoms with van der Waals surface area (Å²) < 4.78 is 6.29. The van der Waals surface area contributed by atoms with Crippen molar-refractivity contribution in [2.45, 2.75) is 83.3 Å². The molecule has 1 atom stereocenters. The van der Waals surface area contributed by atoms with Crippen molar-refractivity contribution >= 4 is 0 Å². The zero-order valence-corrected chi connectivity index (χ0v) is 13.2. The standard InChI is InChI=1S/C17H33NO/c1-4-14-8-10-15(11-9-14)16(18-3)17(19-5-2)12-6-7-13-17/h14-16,18H,4-13H2,1-3H3. The predicted molar refractivity (Wildman–Crippen MR) is 81.4 cm³/mol. The van der Waals surface area contributed by atoms with Crippen molar-refractivity contribution in [3.63, 3.8) is 0 Å². The van der Waals surface area contributed by atoms with Gasteiger partial charge in [0.1, 0.15) is 0 Å². The van der Waals surface area contributed by atoms with Crippen LogP contribution in [0.2, 0.25) is 0 Å². The first-order valence-electron chi connectivity index (χ1n) is 8.57. The highest BCUT2D eigenvalue weighted by molar-refractivity contribution is 5.00. The van der Waals surface area contributed by atoms with Crippen LogP contribution in [0.5, 0.6) is 0 Å². The summed E-state index contributed by atoms with van der Waals surface area (Å²) in [6.07, 6.45) is 12.3. The molecule has 0 aromatic heterocycles. The Hall–Kier alpha value is -0.0800. The van der Waals surface area contributed by atoms with Gasteiger partial charge in [-0.2, -0.15) is 0 Å². The number of nitrogens with one attached hydrogen (secondary N) is 1. The molecule has 2 aliphatic rings. The maximum atomic E-state index is 6.29. The topological polar surface area (TPSA) is 21.3 Å². The van der Waals surface area contributed by atoms with Gasteiger partial charge in [0.15, 0.2) is 0 Å². The molecule has 0 aliphatic heterocycles. The van der Waals surface area contributed by atoms with Crippen molar-refractivity contribution in [1.82, 2.24) is 5.32 Å². The highest BCUT2D eigenvalue weighted by Gasteiger charge is 2.45. The molecule has 0 amide bonds. The van der Waals surface area contributed by atoms with Gasteiger partial charge in [-0.25, -0.2) is 0 Å². The molecule has 112 valence electrons. The molecule has 0 aromatic rings. The summed E-state index contributed by atoms with van der Waals surface area (Å²) in [5.74, 6) is 1.82. The fraction of sp³-hybridized carbons (Fsp3) is 1.00. The average Bonchev–Trinajstić information content (AvgIpc) is 2.90. The summed E-state index contributed by atoms with van der Waals surface area (Å²) >= 11 is 0. The molecule has 2 rings (SSSR count). The zero-order valence-electron chi connectivity index (χ0n) is 13.2. The van der Waals surface area contributed by atoms with Gasteiger partial charge in [0.2, 0.25) is 0 Å². The minimum atomic E-state index is 0.146. The lowest BCUT2D eigenvalue weighted by atomic mass is 9.72. The van der Waals surface area contributed by atoms with Crippen LogP contribution >= 0.6 is 0 Å². The fourth-order valence-electron chi connectivity index (χ4n) is 4.66. The summed E-state index contributed by atoms with van der Waals surface area (Å²) in [5.41, 5.74) is 0.146. The number of hydrogen-bond acceptors (Lipinski definition) is 2. The third-order valence-corrected chi connectivity index (χ3v) is 5.70. The second-order valence-electron chi connectivity index (χ2n) is 6.66. The summed E-state index contributed by atoms with van der Waals surface area (Å²) in [6.45, 7) is 5.36. The van der Waals surface area contributed by atoms with Crippen LogP contribution in [-0.2, 0) is 4.74 Å². The van der Waals surface area contributed by atoms with Gasteiger partial charge >= 0.3 is 0 Å². The van der Waals surface area contributed by atoms with Gasteiger partial charge < -0.3 is 10.1 Å². The van der Waals surface area contributed by atoms with E-state index in [-0.39, 0.29) is 5.60 Å². The minimum absolute atomic E-state index is 0.146. The zero-order chi connectivity index (χ0) is 13.7. The van der Waals surface area contributed by atoms with Crippen molar-refractivity contribution in [2.75, 3.05) is 13.7 Å². The minimum Gasteiger partial charge on any atom is -0.374 e. The fourth-order valence-corrected chi connectivity index (χ4v) is 4.66. The number of hydrogen-bond donors (Lipinski definition) is 1.